The fourth-order valence-electron chi connectivity index (χ4n) is 1.51. The van der Waals surface area contributed by atoms with Crippen LogP contribution in [0.2, 0.25) is 0 Å². The second-order valence-corrected chi connectivity index (χ2v) is 5.24. The van der Waals surface area contributed by atoms with E-state index in [-0.39, 0.29) is 37.9 Å². The van der Waals surface area contributed by atoms with Crippen LogP contribution in [-0.2, 0) is 0 Å². The first-order valence-corrected chi connectivity index (χ1v) is 6.81. The van der Waals surface area contributed by atoms with Crippen LogP contribution in [0.25, 0.3) is 0 Å². The van der Waals surface area contributed by atoms with E-state index in [2.05, 4.69) is 10.1 Å². The maximum atomic E-state index is 12.0. The van der Waals surface area contributed by atoms with Gasteiger partial charge in [-0.3, -0.25) is 0 Å². The molecule has 6 nitrogen and oxygen atoms in total. The number of rotatable bonds is 9. The summed E-state index contributed by atoms with van der Waals surface area (Å²) < 4.78 is 45.0. The molecule has 1 atom stereocenters. The summed E-state index contributed by atoms with van der Waals surface area (Å²) in [5.41, 5.74) is -0.919. The van der Waals surface area contributed by atoms with Crippen LogP contribution < -0.4 is 14.8 Å². The summed E-state index contributed by atoms with van der Waals surface area (Å²) in [6, 6.07) is 4.77. The first-order chi connectivity index (χ1) is 10.7. The van der Waals surface area contributed by atoms with Gasteiger partial charge in [-0.1, -0.05) is 0 Å². The standard InChI is InChI=1S/C14H20F3NO5/c1-13(8-19,9-20)18-6-10(21)7-22-11-2-4-12(5-3-11)23-14(15,16)17/h2-5,10,18-21H,6-9H2,1H3/t10-/m0/s1. The summed E-state index contributed by atoms with van der Waals surface area (Å²) in [5.74, 6) is -0.0978. The summed E-state index contributed by atoms with van der Waals surface area (Å²) in [6.45, 7) is 0.918. The molecule has 0 aromatic heterocycles. The van der Waals surface area contributed by atoms with Gasteiger partial charge in [-0.2, -0.15) is 0 Å². The predicted molar refractivity (Wildman–Crippen MR) is 75.2 cm³/mol. The molecule has 0 unspecified atom stereocenters. The molecule has 132 valence electrons. The zero-order valence-corrected chi connectivity index (χ0v) is 12.5. The highest BCUT2D eigenvalue weighted by Gasteiger charge is 2.31. The van der Waals surface area contributed by atoms with Gasteiger partial charge in [0.25, 0.3) is 0 Å². The van der Waals surface area contributed by atoms with E-state index in [1.54, 1.807) is 6.92 Å². The normalized spacial score (nSPS) is 13.7. The molecule has 0 aliphatic carbocycles. The van der Waals surface area contributed by atoms with E-state index in [4.69, 9.17) is 14.9 Å². The average molecular weight is 339 g/mol. The average Bonchev–Trinajstić information content (AvgIpc) is 2.50. The van der Waals surface area contributed by atoms with Crippen LogP contribution in [-0.4, -0.2) is 59.7 Å². The van der Waals surface area contributed by atoms with Crippen molar-refractivity contribution in [1.82, 2.24) is 5.32 Å². The number of aliphatic hydroxyl groups excluding tert-OH is 3. The third-order valence-electron chi connectivity index (χ3n) is 2.96. The highest BCUT2D eigenvalue weighted by atomic mass is 19.4. The van der Waals surface area contributed by atoms with Gasteiger partial charge < -0.3 is 30.1 Å². The molecule has 1 rings (SSSR count). The molecule has 1 aromatic rings. The summed E-state index contributed by atoms with van der Waals surface area (Å²) >= 11 is 0. The lowest BCUT2D eigenvalue weighted by atomic mass is 10.1. The first kappa shape index (κ1) is 19.5. The van der Waals surface area contributed by atoms with Gasteiger partial charge in [0.15, 0.2) is 0 Å². The third kappa shape index (κ3) is 7.51. The van der Waals surface area contributed by atoms with Crippen LogP contribution in [0.15, 0.2) is 24.3 Å². The van der Waals surface area contributed by atoms with Crippen molar-refractivity contribution in [3.8, 4) is 11.5 Å². The number of hydrogen-bond donors (Lipinski definition) is 4. The molecule has 0 bridgehead atoms. The Balaban J connectivity index is 2.40. The summed E-state index contributed by atoms with van der Waals surface area (Å²) in [7, 11) is 0. The Morgan fingerprint density at radius 1 is 1.09 bits per heavy atom. The van der Waals surface area contributed by atoms with Crippen molar-refractivity contribution in [3.05, 3.63) is 24.3 Å². The molecule has 0 saturated heterocycles. The third-order valence-corrected chi connectivity index (χ3v) is 2.96. The quantitative estimate of drug-likeness (QED) is 0.528. The molecule has 1 aromatic carbocycles. The van der Waals surface area contributed by atoms with Gasteiger partial charge in [-0.15, -0.1) is 13.2 Å². The van der Waals surface area contributed by atoms with Crippen molar-refractivity contribution in [2.75, 3.05) is 26.4 Å². The number of halogens is 3. The second kappa shape index (κ2) is 8.34. The van der Waals surface area contributed by atoms with E-state index in [9.17, 15) is 18.3 Å². The van der Waals surface area contributed by atoms with Gasteiger partial charge in [0.05, 0.1) is 18.8 Å². The highest BCUT2D eigenvalue weighted by Crippen LogP contribution is 2.24. The van der Waals surface area contributed by atoms with E-state index in [0.717, 1.165) is 12.1 Å². The van der Waals surface area contributed by atoms with Gasteiger partial charge in [0, 0.05) is 6.54 Å². The number of β-amino-alcohol motifs (C(OH)–C–C–N with tert-alkyl or cyclic N) is 1. The lowest BCUT2D eigenvalue weighted by molar-refractivity contribution is -0.274. The van der Waals surface area contributed by atoms with E-state index in [1.807, 2.05) is 0 Å². The number of alkyl halides is 3. The van der Waals surface area contributed by atoms with Crippen LogP contribution in [0.5, 0.6) is 11.5 Å². The van der Waals surface area contributed by atoms with Crippen molar-refractivity contribution < 1.29 is 38.0 Å². The molecule has 0 heterocycles. The van der Waals surface area contributed by atoms with Gasteiger partial charge >= 0.3 is 6.36 Å². The molecule has 0 saturated carbocycles. The molecule has 0 spiro atoms. The monoisotopic (exact) mass is 339 g/mol. The lowest BCUT2D eigenvalue weighted by Crippen LogP contribution is -2.52. The van der Waals surface area contributed by atoms with Crippen molar-refractivity contribution in [2.45, 2.75) is 24.9 Å². The molecule has 0 fully saturated rings. The van der Waals surface area contributed by atoms with Crippen LogP contribution in [0.3, 0.4) is 0 Å². The Labute approximate surface area is 131 Å². The minimum atomic E-state index is -4.75. The molecule has 0 aliphatic heterocycles. The van der Waals surface area contributed by atoms with E-state index < -0.39 is 18.0 Å². The van der Waals surface area contributed by atoms with Gasteiger partial charge in [0.2, 0.25) is 0 Å². The van der Waals surface area contributed by atoms with Crippen molar-refractivity contribution in [3.63, 3.8) is 0 Å². The van der Waals surface area contributed by atoms with Crippen LogP contribution >= 0.6 is 0 Å². The molecule has 23 heavy (non-hydrogen) atoms. The summed E-state index contributed by atoms with van der Waals surface area (Å²) in [4.78, 5) is 0. The maximum Gasteiger partial charge on any atom is 0.573 e. The highest BCUT2D eigenvalue weighted by molar-refractivity contribution is 5.31. The molecule has 9 heteroatoms. The van der Waals surface area contributed by atoms with Crippen LogP contribution in [0, 0.1) is 0 Å². The predicted octanol–water partition coefficient (Wildman–Crippen LogP) is 0.658. The van der Waals surface area contributed by atoms with E-state index in [0.29, 0.717) is 0 Å². The van der Waals surface area contributed by atoms with E-state index in [1.165, 1.54) is 12.1 Å². The molecule has 0 amide bonds. The van der Waals surface area contributed by atoms with Crippen molar-refractivity contribution >= 4 is 0 Å². The molecular formula is C14H20F3NO5. The van der Waals surface area contributed by atoms with E-state index >= 15 is 0 Å². The Kier molecular flexibility index (Phi) is 7.07. The van der Waals surface area contributed by atoms with Crippen molar-refractivity contribution in [1.29, 1.82) is 0 Å². The van der Waals surface area contributed by atoms with Crippen LogP contribution in [0.1, 0.15) is 6.92 Å². The summed E-state index contributed by atoms with van der Waals surface area (Å²) in [6.07, 6.45) is -5.69. The number of aliphatic hydroxyl groups is 3. The largest absolute Gasteiger partial charge is 0.573 e. The Bertz CT molecular complexity index is 462. The molecule has 0 radical (unpaired) electrons. The fourth-order valence-corrected chi connectivity index (χ4v) is 1.51. The van der Waals surface area contributed by atoms with Gasteiger partial charge in [-0.05, 0) is 31.2 Å². The minimum absolute atomic E-state index is 0.0624. The number of nitrogens with one attached hydrogen (secondary N) is 1. The fraction of sp³-hybridized carbons (Fsp3) is 0.571. The van der Waals surface area contributed by atoms with Gasteiger partial charge in [-0.25, -0.2) is 0 Å². The maximum absolute atomic E-state index is 12.0. The number of ether oxygens (including phenoxy) is 2. The SMILES string of the molecule is CC(CO)(CO)NC[C@H](O)COc1ccc(OC(F)(F)F)cc1. The minimum Gasteiger partial charge on any atom is -0.491 e. The van der Waals surface area contributed by atoms with Gasteiger partial charge in [0.1, 0.15) is 24.2 Å². The lowest BCUT2D eigenvalue weighted by Gasteiger charge is -2.27. The molecule has 4 N–H and O–H groups in total. The summed E-state index contributed by atoms with van der Waals surface area (Å²) in [5, 5.41) is 30.7. The molecular weight excluding hydrogens is 319 g/mol. The Hall–Kier alpha value is -1.55. The molecule has 0 aliphatic rings. The van der Waals surface area contributed by atoms with Crippen molar-refractivity contribution in [2.24, 2.45) is 0 Å². The second-order valence-electron chi connectivity index (χ2n) is 5.24. The Morgan fingerprint density at radius 2 is 1.61 bits per heavy atom. The van der Waals surface area contributed by atoms with Crippen LogP contribution in [0.4, 0.5) is 13.2 Å². The smallest absolute Gasteiger partial charge is 0.491 e. The number of hydrogen-bond acceptors (Lipinski definition) is 6. The topological polar surface area (TPSA) is 91.2 Å². The zero-order valence-electron chi connectivity index (χ0n) is 12.5. The zero-order chi connectivity index (χ0) is 17.5. The first-order valence-electron chi connectivity index (χ1n) is 6.81. The Morgan fingerprint density at radius 3 is 2.09 bits per heavy atom. The number of benzene rings is 1.